The fourth-order valence-corrected chi connectivity index (χ4v) is 3.97. The summed E-state index contributed by atoms with van der Waals surface area (Å²) in [6.07, 6.45) is 2.93. The average molecular weight is 393 g/mol. The van der Waals surface area contributed by atoms with E-state index in [0.717, 1.165) is 43.1 Å². The van der Waals surface area contributed by atoms with Crippen molar-refractivity contribution in [3.05, 3.63) is 54.6 Å². The van der Waals surface area contributed by atoms with Crippen LogP contribution < -0.4 is 20.3 Å². The van der Waals surface area contributed by atoms with Gasteiger partial charge in [0.25, 0.3) is 0 Å². The molecule has 2 aromatic rings. The van der Waals surface area contributed by atoms with E-state index in [1.807, 2.05) is 54.6 Å². The average Bonchev–Trinajstić information content (AvgIpc) is 3.37. The molecule has 2 saturated heterocycles. The van der Waals surface area contributed by atoms with Crippen molar-refractivity contribution in [2.75, 3.05) is 24.5 Å². The van der Waals surface area contributed by atoms with E-state index >= 15 is 0 Å². The highest BCUT2D eigenvalue weighted by molar-refractivity contribution is 5.96. The Labute approximate surface area is 171 Å². The van der Waals surface area contributed by atoms with Gasteiger partial charge in [-0.05, 0) is 68.2 Å². The molecule has 6 nitrogen and oxygen atoms in total. The number of rotatable bonds is 7. The van der Waals surface area contributed by atoms with Gasteiger partial charge in [0.15, 0.2) is 0 Å². The molecule has 2 atom stereocenters. The molecule has 6 heteroatoms. The molecule has 2 aromatic carbocycles. The number of nitrogens with one attached hydrogen (secondary N) is 2. The number of nitrogens with zero attached hydrogens (tertiary/aromatic N) is 1. The number of anilines is 1. The Morgan fingerprint density at radius 3 is 2.59 bits per heavy atom. The van der Waals surface area contributed by atoms with E-state index in [-0.39, 0.29) is 17.9 Å². The molecule has 0 aromatic heterocycles. The normalized spacial score (nSPS) is 21.4. The number of amides is 2. The molecule has 2 amide bonds. The minimum atomic E-state index is -0.128. The lowest BCUT2D eigenvalue weighted by atomic mass is 10.0. The Balaban J connectivity index is 1.28. The summed E-state index contributed by atoms with van der Waals surface area (Å²) in [5, 5.41) is 6.35. The summed E-state index contributed by atoms with van der Waals surface area (Å²) in [4.78, 5) is 26.4. The summed E-state index contributed by atoms with van der Waals surface area (Å²) in [7, 11) is 0. The Morgan fingerprint density at radius 1 is 1.10 bits per heavy atom. The molecule has 2 aliphatic heterocycles. The van der Waals surface area contributed by atoms with Gasteiger partial charge in [0, 0.05) is 25.1 Å². The highest BCUT2D eigenvalue weighted by Crippen LogP contribution is 2.27. The van der Waals surface area contributed by atoms with Crippen LogP contribution in [0.3, 0.4) is 0 Å². The number of carbonyl (C=O) groups excluding carboxylic acids is 2. The number of ether oxygens (including phenoxy) is 1. The lowest BCUT2D eigenvalue weighted by Gasteiger charge is -2.18. The molecule has 2 N–H and O–H groups in total. The highest BCUT2D eigenvalue weighted by atomic mass is 16.5. The molecule has 29 heavy (non-hydrogen) atoms. The summed E-state index contributed by atoms with van der Waals surface area (Å²) < 4.78 is 5.80. The topological polar surface area (TPSA) is 70.7 Å². The molecule has 0 aliphatic carbocycles. The maximum Gasteiger partial charge on any atom is 0.229 e. The van der Waals surface area contributed by atoms with E-state index in [1.165, 1.54) is 0 Å². The van der Waals surface area contributed by atoms with E-state index < -0.39 is 0 Å². The SMILES string of the molecule is O=C(CCC1CCNC1)NC1CC(=O)N(c2ccc(Oc3ccccc3)cc2)C1. The maximum absolute atomic E-state index is 12.4. The third-order valence-corrected chi connectivity index (χ3v) is 5.56. The van der Waals surface area contributed by atoms with E-state index in [4.69, 9.17) is 4.74 Å². The zero-order valence-corrected chi connectivity index (χ0v) is 16.5. The smallest absolute Gasteiger partial charge is 0.229 e. The Hall–Kier alpha value is -2.86. The molecule has 0 saturated carbocycles. The fraction of sp³-hybridized carbons (Fsp3) is 0.391. The van der Waals surface area contributed by atoms with Crippen LogP contribution in [0, 0.1) is 5.92 Å². The van der Waals surface area contributed by atoms with Crippen LogP contribution in [0.4, 0.5) is 5.69 Å². The van der Waals surface area contributed by atoms with Crippen molar-refractivity contribution < 1.29 is 14.3 Å². The molecular weight excluding hydrogens is 366 g/mol. The van der Waals surface area contributed by atoms with E-state index in [9.17, 15) is 9.59 Å². The lowest BCUT2D eigenvalue weighted by Crippen LogP contribution is -2.37. The number of para-hydroxylation sites is 1. The number of hydrogen-bond acceptors (Lipinski definition) is 4. The van der Waals surface area contributed by atoms with Gasteiger partial charge in [-0.1, -0.05) is 18.2 Å². The summed E-state index contributed by atoms with van der Waals surface area (Å²) in [6.45, 7) is 2.56. The number of benzene rings is 2. The van der Waals surface area contributed by atoms with Crippen molar-refractivity contribution in [2.24, 2.45) is 5.92 Å². The zero-order valence-electron chi connectivity index (χ0n) is 16.5. The van der Waals surface area contributed by atoms with Crippen LogP contribution in [0.25, 0.3) is 0 Å². The summed E-state index contributed by atoms with van der Waals surface area (Å²) in [5.74, 6) is 2.17. The summed E-state index contributed by atoms with van der Waals surface area (Å²) in [6, 6.07) is 16.9. The third kappa shape index (κ3) is 5.15. The van der Waals surface area contributed by atoms with Crippen molar-refractivity contribution in [1.29, 1.82) is 0 Å². The molecule has 4 rings (SSSR count). The molecule has 152 valence electrons. The molecule has 0 radical (unpaired) electrons. The van der Waals surface area contributed by atoms with Gasteiger partial charge in [-0.15, -0.1) is 0 Å². The van der Waals surface area contributed by atoms with Gasteiger partial charge >= 0.3 is 0 Å². The van der Waals surface area contributed by atoms with Crippen molar-refractivity contribution in [3.63, 3.8) is 0 Å². The van der Waals surface area contributed by atoms with E-state index in [0.29, 0.717) is 25.3 Å². The van der Waals surface area contributed by atoms with Crippen molar-refractivity contribution in [1.82, 2.24) is 10.6 Å². The van der Waals surface area contributed by atoms with Crippen LogP contribution in [0.5, 0.6) is 11.5 Å². The van der Waals surface area contributed by atoms with Crippen LogP contribution >= 0.6 is 0 Å². The van der Waals surface area contributed by atoms with Crippen LogP contribution in [0.15, 0.2) is 54.6 Å². The predicted octanol–water partition coefficient (Wildman–Crippen LogP) is 3.09. The molecule has 2 aliphatic rings. The first-order valence-corrected chi connectivity index (χ1v) is 10.3. The van der Waals surface area contributed by atoms with Gasteiger partial charge in [0.2, 0.25) is 11.8 Å². The van der Waals surface area contributed by atoms with E-state index in [2.05, 4.69) is 10.6 Å². The second kappa shape index (κ2) is 9.09. The molecule has 2 fully saturated rings. The Bertz CT molecular complexity index is 832. The monoisotopic (exact) mass is 393 g/mol. The van der Waals surface area contributed by atoms with Crippen molar-refractivity contribution >= 4 is 17.5 Å². The first-order chi connectivity index (χ1) is 14.2. The second-order valence-corrected chi connectivity index (χ2v) is 7.78. The molecule has 2 heterocycles. The summed E-state index contributed by atoms with van der Waals surface area (Å²) in [5.41, 5.74) is 0.823. The molecule has 2 unspecified atom stereocenters. The van der Waals surface area contributed by atoms with Gasteiger partial charge in [-0.3, -0.25) is 9.59 Å². The van der Waals surface area contributed by atoms with Crippen LogP contribution in [-0.2, 0) is 9.59 Å². The first-order valence-electron chi connectivity index (χ1n) is 10.3. The summed E-state index contributed by atoms with van der Waals surface area (Å²) >= 11 is 0. The number of hydrogen-bond donors (Lipinski definition) is 2. The van der Waals surface area contributed by atoms with Gasteiger partial charge in [0.05, 0.1) is 6.04 Å². The number of carbonyl (C=O) groups is 2. The van der Waals surface area contributed by atoms with Crippen molar-refractivity contribution in [2.45, 2.75) is 31.7 Å². The third-order valence-electron chi connectivity index (χ3n) is 5.56. The lowest BCUT2D eigenvalue weighted by molar-refractivity contribution is -0.122. The van der Waals surface area contributed by atoms with Crippen LogP contribution in [0.2, 0.25) is 0 Å². The largest absolute Gasteiger partial charge is 0.457 e. The molecular formula is C23H27N3O3. The van der Waals surface area contributed by atoms with Crippen LogP contribution in [-0.4, -0.2) is 37.5 Å². The van der Waals surface area contributed by atoms with Gasteiger partial charge in [0.1, 0.15) is 11.5 Å². The fourth-order valence-electron chi connectivity index (χ4n) is 3.97. The molecule has 0 bridgehead atoms. The zero-order chi connectivity index (χ0) is 20.1. The van der Waals surface area contributed by atoms with E-state index in [1.54, 1.807) is 4.90 Å². The van der Waals surface area contributed by atoms with Crippen molar-refractivity contribution in [3.8, 4) is 11.5 Å². The first kappa shape index (κ1) is 19.5. The predicted molar refractivity (Wildman–Crippen MR) is 112 cm³/mol. The minimum absolute atomic E-state index is 0.0343. The highest BCUT2D eigenvalue weighted by Gasteiger charge is 2.31. The Morgan fingerprint density at radius 2 is 1.86 bits per heavy atom. The van der Waals surface area contributed by atoms with Gasteiger partial charge in [-0.2, -0.15) is 0 Å². The maximum atomic E-state index is 12.4. The standard InChI is InChI=1S/C23H27N3O3/c27-22(11-6-17-12-13-24-15-17)25-18-14-23(28)26(16-18)19-7-9-21(10-8-19)29-20-4-2-1-3-5-20/h1-5,7-10,17-18,24H,6,11-16H2,(H,25,27). The van der Waals surface area contributed by atoms with Crippen LogP contribution in [0.1, 0.15) is 25.7 Å². The second-order valence-electron chi connectivity index (χ2n) is 7.78. The Kier molecular flexibility index (Phi) is 6.10. The molecule has 0 spiro atoms. The minimum Gasteiger partial charge on any atom is -0.457 e. The van der Waals surface area contributed by atoms with Gasteiger partial charge < -0.3 is 20.3 Å². The quantitative estimate of drug-likeness (QED) is 0.758. The van der Waals surface area contributed by atoms with Gasteiger partial charge in [-0.25, -0.2) is 0 Å².